The number of hydrogen-bond acceptors (Lipinski definition) is 5. The molecule has 2 aromatic rings. The van der Waals surface area contributed by atoms with E-state index in [0.717, 1.165) is 19.3 Å². The first-order valence-electron chi connectivity index (χ1n) is 9.22. The van der Waals surface area contributed by atoms with Gasteiger partial charge in [-0.3, -0.25) is 9.59 Å². The number of nitrogens with two attached hydrogens (primary N) is 1. The van der Waals surface area contributed by atoms with E-state index in [2.05, 4.69) is 15.3 Å². The van der Waals surface area contributed by atoms with E-state index in [9.17, 15) is 9.59 Å². The third-order valence-electron chi connectivity index (χ3n) is 4.93. The van der Waals surface area contributed by atoms with Crippen molar-refractivity contribution in [2.75, 3.05) is 12.3 Å². The number of benzene rings is 1. The van der Waals surface area contributed by atoms with Gasteiger partial charge in [-0.05, 0) is 37.4 Å². The summed E-state index contributed by atoms with van der Waals surface area (Å²) in [6, 6.07) is 7.53. The Morgan fingerprint density at radius 1 is 1.30 bits per heavy atom. The van der Waals surface area contributed by atoms with Crippen LogP contribution in [0.15, 0.2) is 29.1 Å². The summed E-state index contributed by atoms with van der Waals surface area (Å²) in [5.74, 6) is 2.43. The molecular weight excluding hydrogens is 384 g/mol. The van der Waals surface area contributed by atoms with Crippen LogP contribution in [-0.4, -0.2) is 34.2 Å². The molecule has 2 unspecified atom stereocenters. The Labute approximate surface area is 169 Å². The van der Waals surface area contributed by atoms with E-state index in [-0.39, 0.29) is 29.9 Å². The van der Waals surface area contributed by atoms with Crippen LogP contribution in [0.25, 0.3) is 10.9 Å². The van der Waals surface area contributed by atoms with E-state index in [0.29, 0.717) is 47.1 Å². The lowest BCUT2D eigenvalue weighted by Gasteiger charge is -2.31. The Balaban J connectivity index is 0.00000261. The second-order valence-corrected chi connectivity index (χ2v) is 7.89. The third-order valence-corrected chi connectivity index (χ3v) is 5.90. The van der Waals surface area contributed by atoms with Crippen molar-refractivity contribution in [1.29, 1.82) is 0 Å². The number of carbonyl (C=O) groups excluding carboxylic acids is 1. The molecule has 8 heteroatoms. The molecule has 0 saturated heterocycles. The number of halogens is 1. The number of hydrogen-bond donors (Lipinski definition) is 3. The van der Waals surface area contributed by atoms with Crippen molar-refractivity contribution in [3.8, 4) is 0 Å². The van der Waals surface area contributed by atoms with Gasteiger partial charge in [0.2, 0.25) is 5.91 Å². The standard InChI is InChI=1S/C19H26N4O2S.ClH/c20-11-13-5-1-3-7-15(13)22-18(24)9-10-26-12-17-21-16-8-4-2-6-14(16)19(25)23-17;/h2,4,6,8,13,15H,1,3,5,7,9-12,20H2,(H,22,24)(H,21,23,25);1H. The monoisotopic (exact) mass is 410 g/mol. The lowest BCUT2D eigenvalue weighted by Crippen LogP contribution is -2.44. The van der Waals surface area contributed by atoms with Crippen LogP contribution in [0.3, 0.4) is 0 Å². The molecule has 4 N–H and O–H groups in total. The van der Waals surface area contributed by atoms with Crippen LogP contribution in [0.1, 0.15) is 37.9 Å². The summed E-state index contributed by atoms with van der Waals surface area (Å²) in [6.07, 6.45) is 4.98. The van der Waals surface area contributed by atoms with Crippen molar-refractivity contribution in [3.05, 3.63) is 40.4 Å². The van der Waals surface area contributed by atoms with E-state index < -0.39 is 0 Å². The molecule has 1 heterocycles. The van der Waals surface area contributed by atoms with Crippen LogP contribution in [-0.2, 0) is 10.5 Å². The second kappa shape index (κ2) is 10.7. The van der Waals surface area contributed by atoms with Gasteiger partial charge in [-0.2, -0.15) is 11.8 Å². The molecule has 148 valence electrons. The fourth-order valence-electron chi connectivity index (χ4n) is 3.50. The van der Waals surface area contributed by atoms with E-state index >= 15 is 0 Å². The largest absolute Gasteiger partial charge is 0.353 e. The minimum atomic E-state index is -0.117. The van der Waals surface area contributed by atoms with Crippen molar-refractivity contribution < 1.29 is 4.79 Å². The summed E-state index contributed by atoms with van der Waals surface area (Å²) in [6.45, 7) is 0.640. The van der Waals surface area contributed by atoms with Gasteiger partial charge in [-0.15, -0.1) is 12.4 Å². The minimum absolute atomic E-state index is 0. The molecule has 6 nitrogen and oxygen atoms in total. The van der Waals surface area contributed by atoms with Crippen LogP contribution in [0.5, 0.6) is 0 Å². The first-order chi connectivity index (χ1) is 12.7. The topological polar surface area (TPSA) is 101 Å². The highest BCUT2D eigenvalue weighted by molar-refractivity contribution is 7.98. The number of aromatic nitrogens is 2. The van der Waals surface area contributed by atoms with Crippen molar-refractivity contribution in [2.24, 2.45) is 11.7 Å². The van der Waals surface area contributed by atoms with Crippen molar-refractivity contribution >= 4 is 41.0 Å². The first-order valence-corrected chi connectivity index (χ1v) is 10.4. The molecule has 3 rings (SSSR count). The number of H-pyrrole nitrogens is 1. The molecule has 1 aromatic carbocycles. The zero-order chi connectivity index (χ0) is 18.4. The molecule has 27 heavy (non-hydrogen) atoms. The van der Waals surface area contributed by atoms with E-state index in [1.807, 2.05) is 18.2 Å². The van der Waals surface area contributed by atoms with Crippen molar-refractivity contribution in [2.45, 2.75) is 43.9 Å². The number of para-hydroxylation sites is 1. The highest BCUT2D eigenvalue weighted by Gasteiger charge is 2.24. The minimum Gasteiger partial charge on any atom is -0.353 e. The number of nitrogens with one attached hydrogen (secondary N) is 2. The number of carbonyl (C=O) groups is 1. The predicted molar refractivity (Wildman–Crippen MR) is 113 cm³/mol. The lowest BCUT2D eigenvalue weighted by atomic mass is 9.84. The Morgan fingerprint density at radius 3 is 2.89 bits per heavy atom. The molecular formula is C19H27ClN4O2S. The van der Waals surface area contributed by atoms with E-state index in [1.54, 1.807) is 17.8 Å². The van der Waals surface area contributed by atoms with Crippen LogP contribution in [0, 0.1) is 5.92 Å². The second-order valence-electron chi connectivity index (χ2n) is 6.79. The van der Waals surface area contributed by atoms with Crippen molar-refractivity contribution in [1.82, 2.24) is 15.3 Å². The molecule has 1 aliphatic rings. The van der Waals surface area contributed by atoms with Gasteiger partial charge in [0.05, 0.1) is 16.7 Å². The number of amides is 1. The fraction of sp³-hybridized carbons (Fsp3) is 0.526. The highest BCUT2D eigenvalue weighted by atomic mass is 35.5. The Kier molecular flexibility index (Phi) is 8.60. The van der Waals surface area contributed by atoms with Gasteiger partial charge in [-0.1, -0.05) is 25.0 Å². The average molecular weight is 411 g/mol. The van der Waals surface area contributed by atoms with Gasteiger partial charge in [-0.25, -0.2) is 4.98 Å². The summed E-state index contributed by atoms with van der Waals surface area (Å²) < 4.78 is 0. The Hall–Kier alpha value is -1.57. The molecule has 1 saturated carbocycles. The van der Waals surface area contributed by atoms with Gasteiger partial charge in [0.15, 0.2) is 0 Å². The summed E-state index contributed by atoms with van der Waals surface area (Å²) in [7, 11) is 0. The first kappa shape index (κ1) is 21.7. The Bertz CT molecular complexity index is 814. The zero-order valence-electron chi connectivity index (χ0n) is 15.3. The van der Waals surface area contributed by atoms with Crippen molar-refractivity contribution in [3.63, 3.8) is 0 Å². The number of aromatic amines is 1. The third kappa shape index (κ3) is 5.96. The van der Waals surface area contributed by atoms with Crippen LogP contribution >= 0.6 is 24.2 Å². The molecule has 1 aromatic heterocycles. The number of fused-ring (bicyclic) bond motifs is 1. The van der Waals surface area contributed by atoms with Crippen LogP contribution in [0.2, 0.25) is 0 Å². The smallest absolute Gasteiger partial charge is 0.258 e. The predicted octanol–water partition coefficient (Wildman–Crippen LogP) is 2.60. The molecule has 0 radical (unpaired) electrons. The SMILES string of the molecule is Cl.NCC1CCCCC1NC(=O)CCSCc1nc2ccccc2c(=O)[nH]1. The maximum atomic E-state index is 12.2. The summed E-state index contributed by atoms with van der Waals surface area (Å²) in [5, 5.41) is 3.75. The maximum Gasteiger partial charge on any atom is 0.258 e. The quantitative estimate of drug-likeness (QED) is 0.609. The van der Waals surface area contributed by atoms with Gasteiger partial charge >= 0.3 is 0 Å². The molecule has 1 amide bonds. The van der Waals surface area contributed by atoms with Crippen LogP contribution < -0.4 is 16.6 Å². The molecule has 2 atom stereocenters. The molecule has 0 bridgehead atoms. The summed E-state index contributed by atoms with van der Waals surface area (Å²) >= 11 is 1.60. The number of nitrogens with zero attached hydrogens (tertiary/aromatic N) is 1. The number of rotatable bonds is 7. The van der Waals surface area contributed by atoms with E-state index in [4.69, 9.17) is 5.73 Å². The maximum absolute atomic E-state index is 12.2. The normalized spacial score (nSPS) is 19.4. The van der Waals surface area contributed by atoms with Crippen LogP contribution in [0.4, 0.5) is 0 Å². The average Bonchev–Trinajstić information content (AvgIpc) is 2.66. The summed E-state index contributed by atoms with van der Waals surface area (Å²) in [5.41, 5.74) is 6.40. The summed E-state index contributed by atoms with van der Waals surface area (Å²) in [4.78, 5) is 31.5. The lowest BCUT2D eigenvalue weighted by molar-refractivity contribution is -0.121. The molecule has 0 aliphatic heterocycles. The zero-order valence-corrected chi connectivity index (χ0v) is 16.9. The molecule has 0 spiro atoms. The fourth-order valence-corrected chi connectivity index (χ4v) is 4.30. The Morgan fingerprint density at radius 2 is 2.07 bits per heavy atom. The van der Waals surface area contributed by atoms with Gasteiger partial charge < -0.3 is 16.0 Å². The highest BCUT2D eigenvalue weighted by Crippen LogP contribution is 2.23. The van der Waals surface area contributed by atoms with Gasteiger partial charge in [0.25, 0.3) is 5.56 Å². The van der Waals surface area contributed by atoms with Gasteiger partial charge in [0, 0.05) is 18.2 Å². The number of thioether (sulfide) groups is 1. The van der Waals surface area contributed by atoms with E-state index in [1.165, 1.54) is 6.42 Å². The molecule has 1 aliphatic carbocycles. The molecule has 1 fully saturated rings. The van der Waals surface area contributed by atoms with Gasteiger partial charge in [0.1, 0.15) is 5.82 Å².